The average Bonchev–Trinajstić information content (AvgIpc) is 2.70. The molecule has 0 atom stereocenters. The first-order valence-corrected chi connectivity index (χ1v) is 9.61. The first-order valence-electron chi connectivity index (χ1n) is 9.61. The van der Waals surface area contributed by atoms with Gasteiger partial charge in [-0.1, -0.05) is 47.1 Å². The summed E-state index contributed by atoms with van der Waals surface area (Å²) in [5.41, 5.74) is 0.260. The summed E-state index contributed by atoms with van der Waals surface area (Å²) in [4.78, 5) is 44.0. The van der Waals surface area contributed by atoms with Crippen molar-refractivity contribution in [3.05, 3.63) is 49.6 Å². The molecule has 31 heavy (non-hydrogen) atoms. The van der Waals surface area contributed by atoms with E-state index in [1.165, 1.54) is 0 Å². The predicted molar refractivity (Wildman–Crippen MR) is 117 cm³/mol. The van der Waals surface area contributed by atoms with Gasteiger partial charge in [0.2, 0.25) is 6.29 Å². The van der Waals surface area contributed by atoms with Crippen LogP contribution in [0.4, 0.5) is 0 Å². The summed E-state index contributed by atoms with van der Waals surface area (Å²) < 4.78 is 19.5. The Morgan fingerprint density at radius 3 is 1.45 bits per heavy atom. The topological polar surface area (TPSA) is 105 Å². The van der Waals surface area contributed by atoms with Crippen molar-refractivity contribution < 1.29 is 38.1 Å². The maximum atomic E-state index is 11.2. The zero-order valence-electron chi connectivity index (χ0n) is 19.2. The Balaban J connectivity index is 0. The van der Waals surface area contributed by atoms with Crippen LogP contribution in [-0.4, -0.2) is 43.4 Å². The summed E-state index contributed by atoms with van der Waals surface area (Å²) >= 11 is 0. The van der Waals surface area contributed by atoms with Gasteiger partial charge in [-0.15, -0.1) is 0 Å². The molecule has 0 radical (unpaired) electrons. The minimum Gasteiger partial charge on any atom is -0.462 e. The zero-order chi connectivity index (χ0) is 24.6. The third kappa shape index (κ3) is 16.3. The largest absolute Gasteiger partial charge is 0.462 e. The number of hydrogen-bond donors (Lipinski definition) is 0. The minimum atomic E-state index is -0.851. The summed E-state index contributed by atoms with van der Waals surface area (Å²) in [5, 5.41) is 0. The second-order valence-electron chi connectivity index (χ2n) is 7.38. The molecule has 8 heteroatoms. The van der Waals surface area contributed by atoms with Gasteiger partial charge in [0.25, 0.3) is 0 Å². The number of hydrogen-bond acceptors (Lipinski definition) is 8. The third-order valence-electron chi connectivity index (χ3n) is 3.24. The van der Waals surface area contributed by atoms with Gasteiger partial charge in [0.1, 0.15) is 0 Å². The number of carbonyl (C=O) groups excluding carboxylic acids is 4. The Labute approximate surface area is 184 Å². The van der Waals surface area contributed by atoms with E-state index in [0.29, 0.717) is 17.6 Å². The second-order valence-corrected chi connectivity index (χ2v) is 7.38. The molecule has 0 aromatic rings. The third-order valence-corrected chi connectivity index (χ3v) is 3.24. The van der Waals surface area contributed by atoms with E-state index in [-0.39, 0.29) is 13.2 Å². The van der Waals surface area contributed by atoms with Crippen molar-refractivity contribution in [2.75, 3.05) is 13.2 Å². The maximum absolute atomic E-state index is 11.2. The quantitative estimate of drug-likeness (QED) is 0.196. The molecule has 0 fully saturated rings. The summed E-state index contributed by atoms with van der Waals surface area (Å²) in [6, 6.07) is 0. The van der Waals surface area contributed by atoms with Gasteiger partial charge in [-0.05, 0) is 20.3 Å². The van der Waals surface area contributed by atoms with E-state index in [2.05, 4.69) is 26.3 Å². The van der Waals surface area contributed by atoms with Crippen LogP contribution in [0.15, 0.2) is 49.6 Å². The minimum absolute atomic E-state index is 0.169. The van der Waals surface area contributed by atoms with Crippen molar-refractivity contribution in [1.82, 2.24) is 0 Å². The highest BCUT2D eigenvalue weighted by Crippen LogP contribution is 2.17. The van der Waals surface area contributed by atoms with Gasteiger partial charge in [0, 0.05) is 35.1 Å². The van der Waals surface area contributed by atoms with E-state index in [0.717, 1.165) is 18.6 Å². The van der Waals surface area contributed by atoms with Gasteiger partial charge in [-0.25, -0.2) is 19.2 Å². The fourth-order valence-corrected chi connectivity index (χ4v) is 1.54. The van der Waals surface area contributed by atoms with Crippen LogP contribution in [0.1, 0.15) is 47.5 Å². The Morgan fingerprint density at radius 1 is 0.839 bits per heavy atom. The predicted octanol–water partition coefficient (Wildman–Crippen LogP) is 3.82. The highest BCUT2D eigenvalue weighted by atomic mass is 16.7. The van der Waals surface area contributed by atoms with Crippen LogP contribution in [0, 0.1) is 5.41 Å². The molecule has 0 saturated heterocycles. The molecule has 0 saturated carbocycles. The molecule has 0 rings (SSSR count). The van der Waals surface area contributed by atoms with E-state index < -0.39 is 35.6 Å². The van der Waals surface area contributed by atoms with Crippen LogP contribution in [-0.2, 0) is 38.1 Å². The highest BCUT2D eigenvalue weighted by Gasteiger charge is 2.23. The molecule has 0 bridgehead atoms. The molecule has 8 nitrogen and oxygen atoms in total. The molecule has 0 aliphatic carbocycles. The molecule has 174 valence electrons. The molecule has 0 N–H and O–H groups in total. The van der Waals surface area contributed by atoms with E-state index in [1.54, 1.807) is 13.8 Å². The number of esters is 4. The first kappa shape index (κ1) is 30.0. The van der Waals surface area contributed by atoms with Crippen molar-refractivity contribution in [2.24, 2.45) is 5.41 Å². The summed E-state index contributed by atoms with van der Waals surface area (Å²) in [6.07, 6.45) is 2.38. The Kier molecular flexibility index (Phi) is 15.2. The molecule has 0 aliphatic heterocycles. The van der Waals surface area contributed by atoms with Crippen LogP contribution < -0.4 is 0 Å². The van der Waals surface area contributed by atoms with Crippen molar-refractivity contribution in [1.29, 1.82) is 0 Å². The van der Waals surface area contributed by atoms with Crippen molar-refractivity contribution in [2.45, 2.75) is 53.8 Å². The normalized spacial score (nSPS) is 10.0. The van der Waals surface area contributed by atoms with Crippen LogP contribution in [0.2, 0.25) is 0 Å². The van der Waals surface area contributed by atoms with Crippen molar-refractivity contribution in [3.63, 3.8) is 0 Å². The standard InChI is InChI=1S/C13H20O4.C10H14O4/c1-9(2)11(14)16-7-13(5,6)8-17-12(15)10(3)4;1-4-7-10(13-8(11)5-2)14-9(12)6-3/h1,3,7-8H2,2,4-6H3;5-6,10H,2-4,7H2,1H3. The monoisotopic (exact) mass is 438 g/mol. The van der Waals surface area contributed by atoms with Crippen LogP contribution in [0.3, 0.4) is 0 Å². The van der Waals surface area contributed by atoms with Gasteiger partial charge >= 0.3 is 23.9 Å². The zero-order valence-corrected chi connectivity index (χ0v) is 19.2. The lowest BCUT2D eigenvalue weighted by Crippen LogP contribution is -2.28. The van der Waals surface area contributed by atoms with E-state index >= 15 is 0 Å². The molecular weight excluding hydrogens is 404 g/mol. The molecule has 0 aromatic heterocycles. The van der Waals surface area contributed by atoms with Crippen LogP contribution in [0.5, 0.6) is 0 Å². The van der Waals surface area contributed by atoms with Gasteiger partial charge in [0.15, 0.2) is 0 Å². The Morgan fingerprint density at radius 2 is 1.19 bits per heavy atom. The maximum Gasteiger partial charge on any atom is 0.333 e. The smallest absolute Gasteiger partial charge is 0.333 e. The Bertz CT molecular complexity index is 634. The molecule has 0 heterocycles. The highest BCUT2D eigenvalue weighted by molar-refractivity contribution is 5.87. The fourth-order valence-electron chi connectivity index (χ4n) is 1.54. The van der Waals surface area contributed by atoms with Crippen LogP contribution >= 0.6 is 0 Å². The van der Waals surface area contributed by atoms with Gasteiger partial charge in [-0.2, -0.15) is 0 Å². The molecule has 0 spiro atoms. The number of carbonyl (C=O) groups is 4. The molecular formula is C23H34O8. The number of ether oxygens (including phenoxy) is 4. The van der Waals surface area contributed by atoms with Gasteiger partial charge in [0.05, 0.1) is 13.2 Å². The van der Waals surface area contributed by atoms with Gasteiger partial charge < -0.3 is 18.9 Å². The van der Waals surface area contributed by atoms with E-state index in [4.69, 9.17) is 18.9 Å². The van der Waals surface area contributed by atoms with Crippen molar-refractivity contribution >= 4 is 23.9 Å². The molecule has 0 aliphatic rings. The molecule has 0 unspecified atom stereocenters. The molecule has 0 amide bonds. The summed E-state index contributed by atoms with van der Waals surface area (Å²) in [6.45, 7) is 22.5. The van der Waals surface area contributed by atoms with Crippen LogP contribution in [0.25, 0.3) is 0 Å². The average molecular weight is 439 g/mol. The van der Waals surface area contributed by atoms with Crippen molar-refractivity contribution in [3.8, 4) is 0 Å². The van der Waals surface area contributed by atoms with E-state index in [9.17, 15) is 19.2 Å². The lowest BCUT2D eigenvalue weighted by Gasteiger charge is -2.23. The Hall–Kier alpha value is -3.16. The SMILES string of the molecule is C=C(C)C(=O)OCC(C)(C)COC(=O)C(=C)C.C=CC(=O)OC(CCC)OC(=O)C=C. The fraction of sp³-hybridized carbons (Fsp3) is 0.478. The molecule has 0 aromatic carbocycles. The summed E-state index contributed by atoms with van der Waals surface area (Å²) in [5.74, 6) is -2.10. The van der Waals surface area contributed by atoms with E-state index in [1.807, 2.05) is 20.8 Å². The lowest BCUT2D eigenvalue weighted by atomic mass is 9.96. The first-order chi connectivity index (χ1) is 14.3. The van der Waals surface area contributed by atoms with Gasteiger partial charge in [-0.3, -0.25) is 0 Å². The summed E-state index contributed by atoms with van der Waals surface area (Å²) in [7, 11) is 0. The number of rotatable bonds is 12. The second kappa shape index (κ2) is 15.6. The lowest BCUT2D eigenvalue weighted by molar-refractivity contribution is -0.181.